The van der Waals surface area contributed by atoms with Crippen LogP contribution in [0, 0.1) is 5.92 Å². The van der Waals surface area contributed by atoms with Gasteiger partial charge in [-0.25, -0.2) is 4.79 Å². The molecular formula is C17H33N3O2. The zero-order chi connectivity index (χ0) is 16.3. The van der Waals surface area contributed by atoms with E-state index in [2.05, 4.69) is 11.9 Å². The molecule has 1 amide bonds. The highest BCUT2D eigenvalue weighted by Crippen LogP contribution is 2.26. The number of nitrogens with two attached hydrogens (primary N) is 1. The quantitative estimate of drug-likeness (QED) is 0.866. The molecule has 0 atom stereocenters. The van der Waals surface area contributed by atoms with E-state index in [0.717, 1.165) is 51.2 Å². The van der Waals surface area contributed by atoms with Gasteiger partial charge in [0.15, 0.2) is 0 Å². The summed E-state index contributed by atoms with van der Waals surface area (Å²) in [6.45, 7) is 8.56. The van der Waals surface area contributed by atoms with Crippen molar-refractivity contribution in [1.82, 2.24) is 9.80 Å². The standard InChI is InChI=1S/C17H33N3O2/c1-17(2,3)22-16(21)20-9-6-13(7-10-20)5-8-19(4)15-11-14(18)12-15/h13-15H,5-12,18H2,1-4H3. The minimum Gasteiger partial charge on any atom is -0.444 e. The van der Waals surface area contributed by atoms with Gasteiger partial charge in [0, 0.05) is 25.2 Å². The Morgan fingerprint density at radius 2 is 1.86 bits per heavy atom. The molecule has 2 rings (SSSR count). The number of nitrogens with zero attached hydrogens (tertiary/aromatic N) is 2. The van der Waals surface area contributed by atoms with Crippen LogP contribution in [0.2, 0.25) is 0 Å². The van der Waals surface area contributed by atoms with Crippen LogP contribution in [0.4, 0.5) is 4.79 Å². The first kappa shape index (κ1) is 17.5. The third-order valence-electron chi connectivity index (χ3n) is 4.93. The van der Waals surface area contributed by atoms with Crippen molar-refractivity contribution in [3.8, 4) is 0 Å². The third kappa shape index (κ3) is 5.13. The molecule has 0 unspecified atom stereocenters. The SMILES string of the molecule is CN(CCC1CCN(C(=O)OC(C)(C)C)CC1)C1CC(N)C1. The molecule has 1 heterocycles. The summed E-state index contributed by atoms with van der Waals surface area (Å²) >= 11 is 0. The van der Waals surface area contributed by atoms with Crippen LogP contribution in [0.25, 0.3) is 0 Å². The van der Waals surface area contributed by atoms with Crippen molar-refractivity contribution in [2.24, 2.45) is 11.7 Å². The monoisotopic (exact) mass is 311 g/mol. The van der Waals surface area contributed by atoms with Gasteiger partial charge in [-0.3, -0.25) is 0 Å². The van der Waals surface area contributed by atoms with E-state index >= 15 is 0 Å². The summed E-state index contributed by atoms with van der Waals surface area (Å²) in [5.41, 5.74) is 5.45. The molecule has 5 nitrogen and oxygen atoms in total. The molecule has 0 aromatic carbocycles. The fourth-order valence-corrected chi connectivity index (χ4v) is 3.29. The Bertz CT molecular complexity index is 367. The highest BCUT2D eigenvalue weighted by molar-refractivity contribution is 5.68. The fraction of sp³-hybridized carbons (Fsp3) is 0.941. The van der Waals surface area contributed by atoms with E-state index in [1.165, 1.54) is 6.42 Å². The van der Waals surface area contributed by atoms with E-state index in [1.54, 1.807) is 0 Å². The summed E-state index contributed by atoms with van der Waals surface area (Å²) in [4.78, 5) is 16.4. The maximum Gasteiger partial charge on any atom is 0.410 e. The second-order valence-corrected chi connectivity index (χ2v) is 8.07. The molecule has 5 heteroatoms. The lowest BCUT2D eigenvalue weighted by molar-refractivity contribution is 0.0175. The van der Waals surface area contributed by atoms with E-state index in [-0.39, 0.29) is 6.09 Å². The minimum atomic E-state index is -0.403. The van der Waals surface area contributed by atoms with Gasteiger partial charge in [-0.1, -0.05) is 0 Å². The first-order chi connectivity index (χ1) is 10.2. The highest BCUT2D eigenvalue weighted by atomic mass is 16.6. The molecule has 1 saturated carbocycles. The van der Waals surface area contributed by atoms with Crippen LogP contribution in [0.15, 0.2) is 0 Å². The molecule has 2 N–H and O–H groups in total. The van der Waals surface area contributed by atoms with Crippen LogP contribution in [0.3, 0.4) is 0 Å². The molecule has 22 heavy (non-hydrogen) atoms. The third-order valence-corrected chi connectivity index (χ3v) is 4.93. The smallest absolute Gasteiger partial charge is 0.410 e. The van der Waals surface area contributed by atoms with E-state index in [4.69, 9.17) is 10.5 Å². The number of ether oxygens (including phenoxy) is 1. The first-order valence-electron chi connectivity index (χ1n) is 8.68. The molecule has 1 saturated heterocycles. The van der Waals surface area contributed by atoms with Crippen molar-refractivity contribution in [2.75, 3.05) is 26.7 Å². The Hall–Kier alpha value is -0.810. The first-order valence-corrected chi connectivity index (χ1v) is 8.68. The van der Waals surface area contributed by atoms with E-state index < -0.39 is 5.60 Å². The van der Waals surface area contributed by atoms with Gasteiger partial charge in [0.1, 0.15) is 5.60 Å². The summed E-state index contributed by atoms with van der Waals surface area (Å²) in [7, 11) is 2.21. The lowest BCUT2D eigenvalue weighted by Gasteiger charge is -2.40. The number of carbonyl (C=O) groups excluding carboxylic acids is 1. The van der Waals surface area contributed by atoms with E-state index in [0.29, 0.717) is 12.1 Å². The number of hydrogen-bond acceptors (Lipinski definition) is 4. The molecule has 0 spiro atoms. The highest BCUT2D eigenvalue weighted by Gasteiger charge is 2.30. The second-order valence-electron chi connectivity index (χ2n) is 8.07. The lowest BCUT2D eigenvalue weighted by atomic mass is 9.86. The average Bonchev–Trinajstić information content (AvgIpc) is 2.40. The molecule has 1 aliphatic carbocycles. The molecule has 128 valence electrons. The number of piperidine rings is 1. The van der Waals surface area contributed by atoms with Crippen LogP contribution >= 0.6 is 0 Å². The molecule has 0 aromatic heterocycles. The van der Waals surface area contributed by atoms with Gasteiger partial charge in [-0.05, 0) is 72.4 Å². The molecule has 0 radical (unpaired) electrons. The largest absolute Gasteiger partial charge is 0.444 e. The van der Waals surface area contributed by atoms with Crippen LogP contribution in [0.1, 0.15) is 52.9 Å². The van der Waals surface area contributed by atoms with Crippen LogP contribution in [0.5, 0.6) is 0 Å². The number of rotatable bonds is 4. The molecule has 2 aliphatic rings. The Labute approximate surface area is 135 Å². The molecule has 1 aliphatic heterocycles. The number of carbonyl (C=O) groups is 1. The van der Waals surface area contributed by atoms with Crippen molar-refractivity contribution < 1.29 is 9.53 Å². The number of likely N-dealkylation sites (tertiary alicyclic amines) is 1. The fourth-order valence-electron chi connectivity index (χ4n) is 3.29. The summed E-state index contributed by atoms with van der Waals surface area (Å²) in [6.07, 6.45) is 5.55. The molecular weight excluding hydrogens is 278 g/mol. The summed E-state index contributed by atoms with van der Waals surface area (Å²) in [5.74, 6) is 0.731. The Balaban J connectivity index is 1.63. The zero-order valence-corrected chi connectivity index (χ0v) is 14.7. The summed E-state index contributed by atoms with van der Waals surface area (Å²) in [5, 5.41) is 0. The topological polar surface area (TPSA) is 58.8 Å². The molecule has 2 fully saturated rings. The normalized spacial score (nSPS) is 26.9. The summed E-state index contributed by atoms with van der Waals surface area (Å²) < 4.78 is 5.44. The van der Waals surface area contributed by atoms with Gasteiger partial charge in [-0.2, -0.15) is 0 Å². The van der Waals surface area contributed by atoms with Crippen molar-refractivity contribution in [2.45, 2.75) is 70.6 Å². The Kier molecular flexibility index (Phi) is 5.72. The maximum absolute atomic E-state index is 12.0. The predicted molar refractivity (Wildman–Crippen MR) is 88.8 cm³/mol. The van der Waals surface area contributed by atoms with Gasteiger partial charge in [0.25, 0.3) is 0 Å². The second kappa shape index (κ2) is 7.18. The van der Waals surface area contributed by atoms with Crippen molar-refractivity contribution in [3.63, 3.8) is 0 Å². The lowest BCUT2D eigenvalue weighted by Crippen LogP contribution is -2.49. The van der Waals surface area contributed by atoms with Crippen LogP contribution < -0.4 is 5.73 Å². The predicted octanol–water partition coefficient (Wildman–Crippen LogP) is 2.45. The van der Waals surface area contributed by atoms with Crippen molar-refractivity contribution in [1.29, 1.82) is 0 Å². The number of amides is 1. The minimum absolute atomic E-state index is 0.161. The Morgan fingerprint density at radius 3 is 2.36 bits per heavy atom. The van der Waals surface area contributed by atoms with E-state index in [9.17, 15) is 4.79 Å². The van der Waals surface area contributed by atoms with Gasteiger partial charge < -0.3 is 20.3 Å². The average molecular weight is 311 g/mol. The van der Waals surface area contributed by atoms with Gasteiger partial charge in [0.05, 0.1) is 0 Å². The molecule has 0 aromatic rings. The van der Waals surface area contributed by atoms with Gasteiger partial charge >= 0.3 is 6.09 Å². The van der Waals surface area contributed by atoms with Crippen LogP contribution in [-0.4, -0.2) is 60.3 Å². The molecule has 0 bridgehead atoms. The van der Waals surface area contributed by atoms with Gasteiger partial charge in [-0.15, -0.1) is 0 Å². The maximum atomic E-state index is 12.0. The van der Waals surface area contributed by atoms with E-state index in [1.807, 2.05) is 25.7 Å². The number of hydrogen-bond donors (Lipinski definition) is 1. The zero-order valence-electron chi connectivity index (χ0n) is 14.7. The Morgan fingerprint density at radius 1 is 1.27 bits per heavy atom. The van der Waals surface area contributed by atoms with Crippen molar-refractivity contribution >= 4 is 6.09 Å². The summed E-state index contributed by atoms with van der Waals surface area (Å²) in [6, 6.07) is 1.11. The van der Waals surface area contributed by atoms with Crippen molar-refractivity contribution in [3.05, 3.63) is 0 Å². The van der Waals surface area contributed by atoms with Gasteiger partial charge in [0.2, 0.25) is 0 Å². The van der Waals surface area contributed by atoms with Crippen LogP contribution in [-0.2, 0) is 4.74 Å².